The largest absolute Gasteiger partial charge is 2.00 e. The molecule has 10 heteroatoms. The summed E-state index contributed by atoms with van der Waals surface area (Å²) in [6.07, 6.45) is 19.7. The number of hydrogen-bond donors (Lipinski definition) is 0. The second-order valence-corrected chi connectivity index (χ2v) is 35.0. The summed E-state index contributed by atoms with van der Waals surface area (Å²) in [5, 5.41) is 35.4. The van der Waals surface area contributed by atoms with E-state index in [9.17, 15) is 0 Å². The Morgan fingerprint density at radius 1 is 0.225 bits per heavy atom. The molecule has 16 rings (SSSR count). The third kappa shape index (κ3) is 17.8. The van der Waals surface area contributed by atoms with Crippen molar-refractivity contribution in [1.29, 1.82) is 0 Å². The molecule has 0 saturated heterocycles. The average molecular weight is 1580 g/mol. The molecular weight excluding hydrogens is 1500 g/mol. The van der Waals surface area contributed by atoms with Crippen LogP contribution in [0, 0.1) is 0 Å². The molecule has 0 fully saturated rings. The minimum absolute atomic E-state index is 0. The van der Waals surface area contributed by atoms with E-state index in [1.807, 2.05) is 0 Å². The zero-order chi connectivity index (χ0) is 68.6. The van der Waals surface area contributed by atoms with Gasteiger partial charge in [-0.1, -0.05) is 291 Å². The maximum absolute atomic E-state index is 8.89. The van der Waals surface area contributed by atoms with Crippen LogP contribution >= 0.6 is 31.7 Å². The third-order valence-electron chi connectivity index (χ3n) is 19.6. The van der Waals surface area contributed by atoms with Crippen LogP contribution in [0.25, 0.3) is 22.3 Å². The Labute approximate surface area is 635 Å². The Bertz CT molecular complexity index is 3950. The molecule has 4 nitrogen and oxygen atoms in total. The number of fused-ring (bicyclic) bond motifs is 4. The van der Waals surface area contributed by atoms with E-state index in [1.165, 1.54) is 166 Å². The predicted octanol–water partition coefficient (Wildman–Crippen LogP) is 14.8. The zero-order valence-electron chi connectivity index (χ0n) is 58.2. The van der Waals surface area contributed by atoms with Crippen molar-refractivity contribution in [2.45, 2.75) is 117 Å². The van der Waals surface area contributed by atoms with Gasteiger partial charge in [0.25, 0.3) is 0 Å². The van der Waals surface area contributed by atoms with Crippen molar-refractivity contribution in [3.05, 3.63) is 336 Å². The molecule has 512 valence electrons. The van der Waals surface area contributed by atoms with E-state index >= 15 is 0 Å². The number of carbonyl (C=O) groups excluding carboxylic acids is 2. The van der Waals surface area contributed by atoms with Gasteiger partial charge in [0, 0.05) is 11.9 Å². The number of aryl methyl sites for hydroxylation is 4. The van der Waals surface area contributed by atoms with Crippen molar-refractivity contribution in [3.8, 4) is 22.3 Å². The van der Waals surface area contributed by atoms with E-state index in [2.05, 4.69) is 291 Å². The van der Waals surface area contributed by atoms with Crippen molar-refractivity contribution >= 4 is 107 Å². The number of hydrogen-bond acceptors (Lipinski definition) is 4. The van der Waals surface area contributed by atoms with Crippen molar-refractivity contribution < 1.29 is 58.8 Å². The molecule has 4 aliphatic rings. The van der Waals surface area contributed by atoms with Gasteiger partial charge in [0.05, 0.1) is 0 Å². The first-order chi connectivity index (χ1) is 49.2. The van der Waals surface area contributed by atoms with E-state index in [0.29, 0.717) is 0 Å². The molecular formula is C92H86O4P4Ru2+2. The molecule has 4 aliphatic carbocycles. The number of carbonyl (C=O) groups is 2. The summed E-state index contributed by atoms with van der Waals surface area (Å²) < 4.78 is 0. The van der Waals surface area contributed by atoms with Crippen LogP contribution in [0.15, 0.2) is 291 Å². The van der Waals surface area contributed by atoms with Crippen LogP contribution in [-0.2, 0) is 99.9 Å². The number of carboxylic acid groups (broad SMARTS) is 2. The van der Waals surface area contributed by atoms with E-state index in [1.54, 1.807) is 66.8 Å². The predicted molar refractivity (Wildman–Crippen MR) is 427 cm³/mol. The molecule has 0 radical (unpaired) electrons. The number of rotatable bonds is 14. The SMILES string of the molecule is CC(=O)[O-].CC(=O)[O-].[Ru+2].[Ru+2].c1ccc(P(c2ccccc2)c2ccc3c(c2-c2c(P(c4ccccc4)c4ccccc4)ccc4c2CCCC4)CCCC3)cc1.c1ccc(P(c2ccccc2)c2ccc3c(c2-c2c(P(c4ccccc4)c4ccccc4)ccc4c2CCCC4)CCCC3)cc1. The molecule has 0 aromatic heterocycles. The zero-order valence-corrected chi connectivity index (χ0v) is 65.2. The fourth-order valence-corrected chi connectivity index (χ4v) is 25.4. The molecule has 0 unspecified atom stereocenters. The van der Waals surface area contributed by atoms with Gasteiger partial charge >= 0.3 is 39.0 Å². The maximum Gasteiger partial charge on any atom is 2.00 e. The van der Waals surface area contributed by atoms with Crippen molar-refractivity contribution in [2.75, 3.05) is 0 Å². The summed E-state index contributed by atoms with van der Waals surface area (Å²) in [7, 11) is -3.01. The number of carboxylic acids is 2. The molecule has 12 aromatic carbocycles. The van der Waals surface area contributed by atoms with Crippen molar-refractivity contribution in [3.63, 3.8) is 0 Å². The normalized spacial score (nSPS) is 13.3. The minimum Gasteiger partial charge on any atom is -0.550 e. The van der Waals surface area contributed by atoms with Gasteiger partial charge < -0.3 is 19.8 Å². The topological polar surface area (TPSA) is 80.3 Å². The van der Waals surface area contributed by atoms with Crippen LogP contribution in [-0.4, -0.2) is 11.9 Å². The molecule has 102 heavy (non-hydrogen) atoms. The van der Waals surface area contributed by atoms with E-state index in [0.717, 1.165) is 13.8 Å². The standard InChI is InChI=1S/2C44H40P2.2C2H4O2.2Ru/c2*1-5-19-35(20-6-1)45(36-21-7-2-8-22-36)41-31-29-33-17-13-15-27-39(33)43(41)44-40-28-16-14-18-34(40)30-32-42(44)46(37-23-9-3-10-24-37)38-25-11-4-12-26-38;2*1-2(3)4;;/h2*1-12,19-26,29-32H,13-18,27-28H2;2*1H3,(H,3,4);;/q;;;;2*+2/p-2. The Balaban J connectivity index is 0.000000182. The van der Waals surface area contributed by atoms with E-state index in [4.69, 9.17) is 19.8 Å². The van der Waals surface area contributed by atoms with Gasteiger partial charge in [-0.05, 0) is 279 Å². The summed E-state index contributed by atoms with van der Waals surface area (Å²) in [5.74, 6) is -2.17. The molecule has 0 bridgehead atoms. The summed E-state index contributed by atoms with van der Waals surface area (Å²) in [6, 6.07) is 111. The van der Waals surface area contributed by atoms with Crippen LogP contribution in [0.3, 0.4) is 0 Å². The smallest absolute Gasteiger partial charge is 0.550 e. The number of benzene rings is 12. The quantitative estimate of drug-likeness (QED) is 0.0802. The first-order valence-corrected chi connectivity index (χ1v) is 41.1. The van der Waals surface area contributed by atoms with Gasteiger partial charge in [-0.15, -0.1) is 0 Å². The van der Waals surface area contributed by atoms with Gasteiger partial charge in [0.15, 0.2) is 0 Å². The van der Waals surface area contributed by atoms with Crippen LogP contribution < -0.4 is 73.9 Å². The van der Waals surface area contributed by atoms with Gasteiger partial charge in [-0.25, -0.2) is 0 Å². The fraction of sp³-hybridized carbons (Fsp3) is 0.196. The summed E-state index contributed by atoms with van der Waals surface area (Å²) >= 11 is 0. The second-order valence-electron chi connectivity index (χ2n) is 26.2. The number of aliphatic carboxylic acids is 2. The fourth-order valence-electron chi connectivity index (χ4n) is 15.4. The second kappa shape index (κ2) is 37.3. The summed E-state index contributed by atoms with van der Waals surface area (Å²) in [5.41, 5.74) is 19.1. The first-order valence-electron chi connectivity index (χ1n) is 35.8. The van der Waals surface area contributed by atoms with Gasteiger partial charge in [0.1, 0.15) is 0 Å². The average Bonchev–Trinajstić information content (AvgIpc) is 0.739. The van der Waals surface area contributed by atoms with Gasteiger partial charge in [0.2, 0.25) is 0 Å². The Morgan fingerprint density at radius 3 is 0.510 bits per heavy atom. The van der Waals surface area contributed by atoms with Gasteiger partial charge in [-0.3, -0.25) is 0 Å². The molecule has 0 spiro atoms. The van der Waals surface area contributed by atoms with Gasteiger partial charge in [-0.2, -0.15) is 0 Å². The Hall–Kier alpha value is -7.45. The summed E-state index contributed by atoms with van der Waals surface area (Å²) in [6.45, 7) is 1.94. The Morgan fingerprint density at radius 2 is 0.363 bits per heavy atom. The van der Waals surface area contributed by atoms with Crippen LogP contribution in [0.5, 0.6) is 0 Å². The molecule has 0 amide bonds. The first kappa shape index (κ1) is 75.7. The Kier molecular flexibility index (Phi) is 27.7. The minimum atomic E-state index is -1.08. The van der Waals surface area contributed by atoms with Crippen LogP contribution in [0.2, 0.25) is 0 Å². The van der Waals surface area contributed by atoms with Crippen molar-refractivity contribution in [1.82, 2.24) is 0 Å². The molecule has 12 aromatic rings. The molecule has 0 N–H and O–H groups in total. The molecule has 0 saturated carbocycles. The van der Waals surface area contributed by atoms with E-state index < -0.39 is 43.6 Å². The molecule has 0 heterocycles. The van der Waals surface area contributed by atoms with Crippen LogP contribution in [0.4, 0.5) is 0 Å². The van der Waals surface area contributed by atoms with Crippen LogP contribution in [0.1, 0.15) is 110 Å². The monoisotopic (exact) mass is 1580 g/mol. The van der Waals surface area contributed by atoms with E-state index in [-0.39, 0.29) is 39.0 Å². The van der Waals surface area contributed by atoms with Crippen molar-refractivity contribution in [2.24, 2.45) is 0 Å². The molecule has 0 atom stereocenters. The summed E-state index contributed by atoms with van der Waals surface area (Å²) in [4.78, 5) is 17.8. The third-order valence-corrected chi connectivity index (χ3v) is 29.6. The molecule has 0 aliphatic heterocycles. The maximum atomic E-state index is 8.89.